The van der Waals surface area contributed by atoms with E-state index in [1.54, 1.807) is 13.0 Å². The number of rotatable bonds is 3. The number of pyridine rings is 1. The first-order valence-corrected chi connectivity index (χ1v) is 8.20. The predicted octanol–water partition coefficient (Wildman–Crippen LogP) is 2.98. The zero-order chi connectivity index (χ0) is 15.8. The van der Waals surface area contributed by atoms with Gasteiger partial charge >= 0.3 is 0 Å². The summed E-state index contributed by atoms with van der Waals surface area (Å²) in [5.74, 6) is -0.442. The number of nitrogens with two attached hydrogens (primary N) is 1. The van der Waals surface area contributed by atoms with Gasteiger partial charge in [-0.25, -0.2) is 17.8 Å². The number of nitrogens with zero attached hydrogens (tertiary/aromatic N) is 1. The molecule has 0 atom stereocenters. The van der Waals surface area contributed by atoms with Crippen molar-refractivity contribution >= 4 is 37.5 Å². The van der Waals surface area contributed by atoms with Crippen molar-refractivity contribution in [3.63, 3.8) is 0 Å². The Morgan fingerprint density at radius 3 is 2.52 bits per heavy atom. The molecule has 0 bridgehead atoms. The summed E-state index contributed by atoms with van der Waals surface area (Å²) in [5.41, 5.74) is 6.06. The van der Waals surface area contributed by atoms with Gasteiger partial charge in [0.05, 0.1) is 16.3 Å². The van der Waals surface area contributed by atoms with Gasteiger partial charge in [-0.2, -0.15) is 0 Å². The van der Waals surface area contributed by atoms with Gasteiger partial charge in [-0.05, 0) is 59.6 Å². The lowest BCUT2D eigenvalue weighted by Crippen LogP contribution is -2.15. The van der Waals surface area contributed by atoms with Gasteiger partial charge < -0.3 is 5.73 Å². The molecule has 0 saturated carbocycles. The van der Waals surface area contributed by atoms with E-state index in [0.717, 1.165) is 10.5 Å². The molecular formula is C13H13BrFN3O2S. The van der Waals surface area contributed by atoms with Crippen LogP contribution in [-0.2, 0) is 10.0 Å². The van der Waals surface area contributed by atoms with E-state index in [1.807, 2.05) is 0 Å². The number of halogens is 2. The van der Waals surface area contributed by atoms with Gasteiger partial charge in [-0.15, -0.1) is 0 Å². The third-order valence-corrected chi connectivity index (χ3v) is 5.00. The molecule has 0 fully saturated rings. The van der Waals surface area contributed by atoms with E-state index in [2.05, 4.69) is 25.6 Å². The maximum Gasteiger partial charge on any atom is 0.263 e. The number of nitrogens with one attached hydrogen (secondary N) is 1. The van der Waals surface area contributed by atoms with Gasteiger partial charge in [0.2, 0.25) is 0 Å². The van der Waals surface area contributed by atoms with Gasteiger partial charge in [0.25, 0.3) is 10.0 Å². The van der Waals surface area contributed by atoms with E-state index >= 15 is 0 Å². The highest BCUT2D eigenvalue weighted by atomic mass is 79.9. The Morgan fingerprint density at radius 2 is 1.95 bits per heavy atom. The molecule has 0 unspecified atom stereocenters. The van der Waals surface area contributed by atoms with Crippen molar-refractivity contribution in [1.29, 1.82) is 0 Å². The Balaban J connectivity index is 2.40. The number of nitrogen functional groups attached to an aromatic ring is 1. The number of aromatic nitrogens is 1. The Morgan fingerprint density at radius 1 is 1.29 bits per heavy atom. The topological polar surface area (TPSA) is 85.1 Å². The molecule has 2 rings (SSSR count). The average Bonchev–Trinajstić information content (AvgIpc) is 2.39. The van der Waals surface area contributed by atoms with Gasteiger partial charge in [0, 0.05) is 4.47 Å². The first-order valence-electron chi connectivity index (χ1n) is 5.92. The van der Waals surface area contributed by atoms with Gasteiger partial charge in [-0.3, -0.25) is 4.72 Å². The van der Waals surface area contributed by atoms with Crippen LogP contribution < -0.4 is 10.5 Å². The number of benzene rings is 1. The van der Waals surface area contributed by atoms with Crippen LogP contribution in [0.4, 0.5) is 15.9 Å². The van der Waals surface area contributed by atoms with Gasteiger partial charge in [0.1, 0.15) is 11.6 Å². The third-order valence-electron chi connectivity index (χ3n) is 2.83. The summed E-state index contributed by atoms with van der Waals surface area (Å²) < 4.78 is 41.1. The first-order chi connectivity index (χ1) is 9.70. The maximum absolute atomic E-state index is 13.5. The van der Waals surface area contributed by atoms with Gasteiger partial charge in [0.15, 0.2) is 0 Å². The number of sulfonamides is 1. The van der Waals surface area contributed by atoms with Crippen LogP contribution in [0.3, 0.4) is 0 Å². The average molecular weight is 374 g/mol. The standard InChI is InChI=1S/C13H13BrFN3O2S/c1-7-5-9(6-11(16)13(7)15)21(19,20)18-12-4-3-10(14)8(2)17-12/h3-6H,16H2,1-2H3,(H,17,18). The van der Waals surface area contributed by atoms with E-state index in [4.69, 9.17) is 5.73 Å². The van der Waals surface area contributed by atoms with Crippen molar-refractivity contribution in [3.05, 3.63) is 45.8 Å². The molecule has 0 amide bonds. The highest BCUT2D eigenvalue weighted by Crippen LogP contribution is 2.23. The summed E-state index contributed by atoms with van der Waals surface area (Å²) in [6, 6.07) is 5.51. The lowest BCUT2D eigenvalue weighted by Gasteiger charge is -2.10. The lowest BCUT2D eigenvalue weighted by molar-refractivity contribution is 0.599. The maximum atomic E-state index is 13.5. The van der Waals surface area contributed by atoms with E-state index in [0.29, 0.717) is 5.69 Å². The quantitative estimate of drug-likeness (QED) is 0.809. The molecule has 1 heterocycles. The normalized spacial score (nSPS) is 11.4. The van der Waals surface area contributed by atoms with Crippen LogP contribution in [0, 0.1) is 19.7 Å². The van der Waals surface area contributed by atoms with Crippen molar-refractivity contribution in [2.24, 2.45) is 0 Å². The molecule has 8 heteroatoms. The molecule has 21 heavy (non-hydrogen) atoms. The first kappa shape index (κ1) is 15.7. The molecular weight excluding hydrogens is 361 g/mol. The third kappa shape index (κ3) is 3.33. The number of hydrogen-bond acceptors (Lipinski definition) is 4. The molecule has 0 spiro atoms. The zero-order valence-electron chi connectivity index (χ0n) is 11.3. The fraction of sp³-hybridized carbons (Fsp3) is 0.154. The largest absolute Gasteiger partial charge is 0.396 e. The molecule has 1 aromatic heterocycles. The number of anilines is 2. The molecule has 0 aliphatic heterocycles. The minimum atomic E-state index is -3.88. The summed E-state index contributed by atoms with van der Waals surface area (Å²) in [6.07, 6.45) is 0. The molecule has 3 N–H and O–H groups in total. The second-order valence-corrected chi connectivity index (χ2v) is 7.05. The Labute approximate surface area is 130 Å². The Kier molecular flexibility index (Phi) is 4.20. The van der Waals surface area contributed by atoms with Crippen LogP contribution in [0.15, 0.2) is 33.6 Å². The minimum absolute atomic E-state index is 0.110. The molecule has 0 saturated heterocycles. The van der Waals surface area contributed by atoms with Crippen molar-refractivity contribution in [2.45, 2.75) is 18.7 Å². The summed E-state index contributed by atoms with van der Waals surface area (Å²) in [6.45, 7) is 3.19. The summed E-state index contributed by atoms with van der Waals surface area (Å²) in [7, 11) is -3.88. The smallest absolute Gasteiger partial charge is 0.263 e. The van der Waals surface area contributed by atoms with E-state index in [1.165, 1.54) is 19.1 Å². The Bertz CT molecular complexity index is 786. The molecule has 0 aliphatic carbocycles. The zero-order valence-corrected chi connectivity index (χ0v) is 13.7. The summed E-state index contributed by atoms with van der Waals surface area (Å²) in [4.78, 5) is 3.99. The lowest BCUT2D eigenvalue weighted by atomic mass is 10.2. The van der Waals surface area contributed by atoms with Crippen molar-refractivity contribution in [3.8, 4) is 0 Å². The van der Waals surface area contributed by atoms with Crippen molar-refractivity contribution in [1.82, 2.24) is 4.98 Å². The monoisotopic (exact) mass is 373 g/mol. The highest BCUT2D eigenvalue weighted by molar-refractivity contribution is 9.10. The molecule has 1 aromatic carbocycles. The fourth-order valence-electron chi connectivity index (χ4n) is 1.72. The molecule has 0 aliphatic rings. The highest BCUT2D eigenvalue weighted by Gasteiger charge is 2.18. The number of aryl methyl sites for hydroxylation is 2. The van der Waals surface area contributed by atoms with E-state index in [9.17, 15) is 12.8 Å². The molecule has 5 nitrogen and oxygen atoms in total. The second kappa shape index (κ2) is 5.61. The summed E-state index contributed by atoms with van der Waals surface area (Å²) in [5, 5.41) is 0. The SMILES string of the molecule is Cc1cc(S(=O)(=O)Nc2ccc(Br)c(C)n2)cc(N)c1F. The fourth-order valence-corrected chi connectivity index (χ4v) is 3.06. The van der Waals surface area contributed by atoms with Crippen LogP contribution in [-0.4, -0.2) is 13.4 Å². The molecule has 2 aromatic rings. The number of hydrogen-bond donors (Lipinski definition) is 2. The molecule has 0 radical (unpaired) electrons. The minimum Gasteiger partial charge on any atom is -0.396 e. The van der Waals surface area contributed by atoms with Crippen LogP contribution in [0.25, 0.3) is 0 Å². The van der Waals surface area contributed by atoms with Crippen LogP contribution >= 0.6 is 15.9 Å². The van der Waals surface area contributed by atoms with Crippen molar-refractivity contribution in [2.75, 3.05) is 10.5 Å². The van der Waals surface area contributed by atoms with E-state index < -0.39 is 15.8 Å². The van der Waals surface area contributed by atoms with Crippen molar-refractivity contribution < 1.29 is 12.8 Å². The Hall–Kier alpha value is -1.67. The van der Waals surface area contributed by atoms with E-state index in [-0.39, 0.29) is 22.0 Å². The van der Waals surface area contributed by atoms with Crippen LogP contribution in [0.5, 0.6) is 0 Å². The second-order valence-electron chi connectivity index (χ2n) is 4.51. The van der Waals surface area contributed by atoms with Crippen LogP contribution in [0.2, 0.25) is 0 Å². The predicted molar refractivity (Wildman–Crippen MR) is 83.0 cm³/mol. The summed E-state index contributed by atoms with van der Waals surface area (Å²) >= 11 is 3.28. The van der Waals surface area contributed by atoms with Gasteiger partial charge in [-0.1, -0.05) is 0 Å². The van der Waals surface area contributed by atoms with Crippen LogP contribution in [0.1, 0.15) is 11.3 Å². The molecule has 112 valence electrons.